The molecule has 1 amide bonds. The second kappa shape index (κ2) is 8.34. The molecule has 0 aromatic heterocycles. The number of anilines is 1. The van der Waals surface area contributed by atoms with Crippen LogP contribution >= 0.6 is 0 Å². The van der Waals surface area contributed by atoms with E-state index in [4.69, 9.17) is 11.5 Å². The van der Waals surface area contributed by atoms with Crippen molar-refractivity contribution in [2.75, 3.05) is 12.3 Å². The van der Waals surface area contributed by atoms with Crippen LogP contribution in [0.4, 0.5) is 5.69 Å². The van der Waals surface area contributed by atoms with Crippen LogP contribution in [0.2, 0.25) is 0 Å². The van der Waals surface area contributed by atoms with Gasteiger partial charge in [-0.25, -0.2) is 0 Å². The number of nitrogens with one attached hydrogen (secondary N) is 1. The Morgan fingerprint density at radius 1 is 1.13 bits per heavy atom. The Morgan fingerprint density at radius 3 is 2.57 bits per heavy atom. The summed E-state index contributed by atoms with van der Waals surface area (Å²) in [6.07, 6.45) is 2.60. The Balaban J connectivity index is 1.93. The van der Waals surface area contributed by atoms with Crippen LogP contribution in [0.3, 0.4) is 0 Å². The molecule has 0 heterocycles. The van der Waals surface area contributed by atoms with Gasteiger partial charge in [0.15, 0.2) is 0 Å². The van der Waals surface area contributed by atoms with E-state index in [1.54, 1.807) is 6.07 Å². The molecule has 0 spiro atoms. The summed E-state index contributed by atoms with van der Waals surface area (Å²) in [6.45, 7) is 2.51. The van der Waals surface area contributed by atoms with E-state index in [1.165, 1.54) is 5.56 Å². The molecular weight excluding hydrogens is 286 g/mol. The van der Waals surface area contributed by atoms with Gasteiger partial charge >= 0.3 is 0 Å². The highest BCUT2D eigenvalue weighted by Gasteiger charge is 2.13. The average Bonchev–Trinajstić information content (AvgIpc) is 2.56. The van der Waals surface area contributed by atoms with E-state index in [1.807, 2.05) is 42.5 Å². The van der Waals surface area contributed by atoms with Crippen LogP contribution in [0.15, 0.2) is 48.5 Å². The number of carbonyl (C=O) groups excluding carboxylic acids is 1. The number of hydrogen-bond acceptors (Lipinski definition) is 3. The van der Waals surface area contributed by atoms with Crippen molar-refractivity contribution in [1.82, 2.24) is 5.32 Å². The molecule has 0 aliphatic carbocycles. The minimum Gasteiger partial charge on any atom is -0.398 e. The van der Waals surface area contributed by atoms with Crippen molar-refractivity contribution >= 4 is 11.6 Å². The Labute approximate surface area is 137 Å². The predicted molar refractivity (Wildman–Crippen MR) is 95.3 cm³/mol. The molecule has 122 valence electrons. The minimum atomic E-state index is -0.163. The largest absolute Gasteiger partial charge is 0.398 e. The van der Waals surface area contributed by atoms with Crippen LogP contribution in [0.1, 0.15) is 34.8 Å². The van der Waals surface area contributed by atoms with Crippen molar-refractivity contribution < 1.29 is 4.79 Å². The van der Waals surface area contributed by atoms with Crippen molar-refractivity contribution in [1.29, 1.82) is 0 Å². The fraction of sp³-hybridized carbons (Fsp3) is 0.316. The van der Waals surface area contributed by atoms with Gasteiger partial charge in [0.1, 0.15) is 0 Å². The summed E-state index contributed by atoms with van der Waals surface area (Å²) in [4.78, 5) is 12.3. The first-order valence-electron chi connectivity index (χ1n) is 8.07. The molecule has 0 radical (unpaired) electrons. The first-order valence-corrected chi connectivity index (χ1v) is 8.07. The quantitative estimate of drug-likeness (QED) is 0.687. The summed E-state index contributed by atoms with van der Waals surface area (Å²) in [5.41, 5.74) is 15.5. The number of para-hydroxylation sites is 1. The van der Waals surface area contributed by atoms with E-state index >= 15 is 0 Å². The van der Waals surface area contributed by atoms with Crippen LogP contribution in [0, 0.1) is 0 Å². The van der Waals surface area contributed by atoms with E-state index in [0.29, 0.717) is 17.8 Å². The summed E-state index contributed by atoms with van der Waals surface area (Å²) in [6, 6.07) is 15.5. The van der Waals surface area contributed by atoms with Crippen molar-refractivity contribution in [2.45, 2.75) is 32.2 Å². The molecule has 2 aromatic rings. The van der Waals surface area contributed by atoms with Gasteiger partial charge in [-0.15, -0.1) is 0 Å². The molecule has 4 heteroatoms. The zero-order valence-electron chi connectivity index (χ0n) is 13.6. The number of rotatable bonds is 7. The third-order valence-corrected chi connectivity index (χ3v) is 3.83. The molecule has 2 aromatic carbocycles. The summed E-state index contributed by atoms with van der Waals surface area (Å²) in [5.74, 6) is -0.163. The third-order valence-electron chi connectivity index (χ3n) is 3.83. The Morgan fingerprint density at radius 2 is 1.87 bits per heavy atom. The van der Waals surface area contributed by atoms with Crippen LogP contribution in [0.25, 0.3) is 0 Å². The minimum absolute atomic E-state index is 0.124. The third kappa shape index (κ3) is 4.83. The standard InChI is InChI=1S/C19H25N3O/c1-2-7-15-10-6-11-17(18(15)21)19(23)22-13-16(20)12-14-8-4-3-5-9-14/h3-6,8-11,16H,2,7,12-13,20-21H2,1H3,(H,22,23)/t16-/m1/s1. The molecule has 1 atom stereocenters. The van der Waals surface area contributed by atoms with Gasteiger partial charge in [-0.2, -0.15) is 0 Å². The molecule has 2 rings (SSSR count). The van der Waals surface area contributed by atoms with Crippen LogP contribution < -0.4 is 16.8 Å². The number of carbonyl (C=O) groups is 1. The number of amides is 1. The molecule has 0 saturated carbocycles. The molecule has 0 aliphatic rings. The summed E-state index contributed by atoms with van der Waals surface area (Å²) < 4.78 is 0. The lowest BCUT2D eigenvalue weighted by molar-refractivity contribution is 0.0952. The number of benzene rings is 2. The first-order chi connectivity index (χ1) is 11.1. The van der Waals surface area contributed by atoms with Gasteiger partial charge in [-0.05, 0) is 30.0 Å². The lowest BCUT2D eigenvalue weighted by atomic mass is 10.0. The topological polar surface area (TPSA) is 81.1 Å². The second-order valence-corrected chi connectivity index (χ2v) is 5.79. The number of nitrogen functional groups attached to an aromatic ring is 1. The average molecular weight is 311 g/mol. The maximum absolute atomic E-state index is 12.3. The van der Waals surface area contributed by atoms with Gasteiger partial charge in [-0.3, -0.25) is 4.79 Å². The maximum Gasteiger partial charge on any atom is 0.253 e. The monoisotopic (exact) mass is 311 g/mol. The Hall–Kier alpha value is -2.33. The SMILES string of the molecule is CCCc1cccc(C(=O)NC[C@H](N)Cc2ccccc2)c1N. The zero-order chi connectivity index (χ0) is 16.7. The lowest BCUT2D eigenvalue weighted by Gasteiger charge is -2.15. The number of nitrogens with two attached hydrogens (primary N) is 2. The molecule has 23 heavy (non-hydrogen) atoms. The predicted octanol–water partition coefficient (Wildman–Crippen LogP) is 2.52. The second-order valence-electron chi connectivity index (χ2n) is 5.79. The van der Waals surface area contributed by atoms with Gasteiger partial charge in [0.05, 0.1) is 5.56 Å². The van der Waals surface area contributed by atoms with E-state index < -0.39 is 0 Å². The highest BCUT2D eigenvalue weighted by Crippen LogP contribution is 2.19. The molecule has 5 N–H and O–H groups in total. The van der Waals surface area contributed by atoms with Gasteiger partial charge in [-0.1, -0.05) is 55.8 Å². The number of hydrogen-bond donors (Lipinski definition) is 3. The molecule has 0 unspecified atom stereocenters. The first kappa shape index (κ1) is 17.0. The maximum atomic E-state index is 12.3. The molecular formula is C19H25N3O. The van der Waals surface area contributed by atoms with Crippen molar-refractivity contribution in [3.05, 3.63) is 65.2 Å². The molecule has 0 fully saturated rings. The van der Waals surface area contributed by atoms with Crippen LogP contribution in [-0.2, 0) is 12.8 Å². The van der Waals surface area contributed by atoms with Crippen LogP contribution in [0.5, 0.6) is 0 Å². The molecule has 0 bridgehead atoms. The van der Waals surface area contributed by atoms with Gasteiger partial charge in [0.25, 0.3) is 5.91 Å². The van der Waals surface area contributed by atoms with Gasteiger partial charge in [0.2, 0.25) is 0 Å². The van der Waals surface area contributed by atoms with Crippen LogP contribution in [-0.4, -0.2) is 18.5 Å². The zero-order valence-corrected chi connectivity index (χ0v) is 13.6. The number of aryl methyl sites for hydroxylation is 1. The van der Waals surface area contributed by atoms with E-state index in [-0.39, 0.29) is 11.9 Å². The van der Waals surface area contributed by atoms with Crippen molar-refractivity contribution in [2.24, 2.45) is 5.73 Å². The lowest BCUT2D eigenvalue weighted by Crippen LogP contribution is -2.38. The van der Waals surface area contributed by atoms with Gasteiger partial charge in [0, 0.05) is 18.3 Å². The molecule has 0 aliphatic heterocycles. The normalized spacial score (nSPS) is 11.9. The van der Waals surface area contributed by atoms with E-state index in [9.17, 15) is 4.79 Å². The fourth-order valence-electron chi connectivity index (χ4n) is 2.61. The van der Waals surface area contributed by atoms with Crippen molar-refractivity contribution in [3.8, 4) is 0 Å². The summed E-state index contributed by atoms with van der Waals surface area (Å²) in [7, 11) is 0. The summed E-state index contributed by atoms with van der Waals surface area (Å²) in [5, 5.41) is 2.89. The van der Waals surface area contributed by atoms with Crippen molar-refractivity contribution in [3.63, 3.8) is 0 Å². The smallest absolute Gasteiger partial charge is 0.253 e. The van der Waals surface area contributed by atoms with Gasteiger partial charge < -0.3 is 16.8 Å². The van der Waals surface area contributed by atoms with E-state index in [0.717, 1.165) is 24.8 Å². The molecule has 0 saturated heterocycles. The van der Waals surface area contributed by atoms with E-state index in [2.05, 4.69) is 12.2 Å². The fourth-order valence-corrected chi connectivity index (χ4v) is 2.61. The Bertz CT molecular complexity index is 640. The highest BCUT2D eigenvalue weighted by molar-refractivity contribution is 5.99. The molecule has 4 nitrogen and oxygen atoms in total. The highest BCUT2D eigenvalue weighted by atomic mass is 16.1. The Kier molecular flexibility index (Phi) is 6.18. The summed E-state index contributed by atoms with van der Waals surface area (Å²) >= 11 is 0.